The number of anilines is 1. The molecule has 4 aromatic rings. The van der Waals surface area contributed by atoms with Crippen LogP contribution in [0.1, 0.15) is 17.3 Å². The maximum atomic E-state index is 12.8. The summed E-state index contributed by atoms with van der Waals surface area (Å²) in [6.07, 6.45) is 3.13. The van der Waals surface area contributed by atoms with Gasteiger partial charge in [-0.1, -0.05) is 42.5 Å². The zero-order valence-electron chi connectivity index (χ0n) is 16.6. The minimum Gasteiger partial charge on any atom is -0.443 e. The molecule has 0 saturated carbocycles. The topological polar surface area (TPSA) is 75.4 Å². The Morgan fingerprint density at radius 3 is 2.50 bits per heavy atom. The number of amides is 1. The van der Waals surface area contributed by atoms with Crippen LogP contribution >= 0.6 is 0 Å². The molecule has 7 heteroatoms. The monoisotopic (exact) mass is 399 g/mol. The van der Waals surface area contributed by atoms with E-state index in [0.29, 0.717) is 31.2 Å². The lowest BCUT2D eigenvalue weighted by Crippen LogP contribution is -2.54. The van der Waals surface area contributed by atoms with Gasteiger partial charge in [0.05, 0.1) is 6.20 Å². The average Bonchev–Trinajstić information content (AvgIpc) is 3.33. The predicted octanol–water partition coefficient (Wildman–Crippen LogP) is 3.64. The van der Waals surface area contributed by atoms with Crippen molar-refractivity contribution in [3.8, 4) is 11.6 Å². The summed E-state index contributed by atoms with van der Waals surface area (Å²) >= 11 is 0. The van der Waals surface area contributed by atoms with Gasteiger partial charge in [-0.3, -0.25) is 4.79 Å². The first-order valence-electron chi connectivity index (χ1n) is 9.98. The Balaban J connectivity index is 1.44. The van der Waals surface area contributed by atoms with Crippen LogP contribution in [0.4, 0.5) is 5.82 Å². The van der Waals surface area contributed by atoms with Crippen molar-refractivity contribution >= 4 is 22.5 Å². The van der Waals surface area contributed by atoms with E-state index in [9.17, 15) is 4.79 Å². The number of piperazine rings is 1. The quantitative estimate of drug-likeness (QED) is 0.524. The lowest BCUT2D eigenvalue weighted by atomic mass is 10.1. The van der Waals surface area contributed by atoms with Gasteiger partial charge in [0, 0.05) is 42.0 Å². The summed E-state index contributed by atoms with van der Waals surface area (Å²) in [6, 6.07) is 17.5. The first-order chi connectivity index (χ1) is 14.7. The number of oxazole rings is 1. The Morgan fingerprint density at radius 1 is 1.00 bits per heavy atom. The second kappa shape index (κ2) is 7.59. The zero-order valence-corrected chi connectivity index (χ0v) is 16.6. The summed E-state index contributed by atoms with van der Waals surface area (Å²) < 4.78 is 5.45. The van der Waals surface area contributed by atoms with Gasteiger partial charge in [-0.05, 0) is 19.1 Å². The van der Waals surface area contributed by atoms with E-state index in [-0.39, 0.29) is 11.9 Å². The fourth-order valence-electron chi connectivity index (χ4n) is 4.02. The van der Waals surface area contributed by atoms with Gasteiger partial charge in [-0.2, -0.15) is 0 Å². The molecular formula is C23H21N5O2. The Morgan fingerprint density at radius 2 is 1.77 bits per heavy atom. The number of hydrogen-bond acceptors (Lipinski definition) is 6. The van der Waals surface area contributed by atoms with Gasteiger partial charge in [0.2, 0.25) is 5.89 Å². The van der Waals surface area contributed by atoms with Gasteiger partial charge in [0.15, 0.2) is 11.5 Å². The highest BCUT2D eigenvalue weighted by atomic mass is 16.3. The molecule has 1 aliphatic heterocycles. The molecule has 0 radical (unpaired) electrons. The molecule has 0 spiro atoms. The van der Waals surface area contributed by atoms with E-state index in [2.05, 4.69) is 27.0 Å². The van der Waals surface area contributed by atoms with Crippen LogP contribution in [0.15, 0.2) is 71.5 Å². The summed E-state index contributed by atoms with van der Waals surface area (Å²) in [4.78, 5) is 21.2. The molecule has 2 aromatic heterocycles. The van der Waals surface area contributed by atoms with Crippen molar-refractivity contribution in [3.05, 3.63) is 72.6 Å². The minimum absolute atomic E-state index is 0.0669. The molecule has 0 aliphatic carbocycles. The number of fused-ring (bicyclic) bond motifs is 1. The molecule has 30 heavy (non-hydrogen) atoms. The third-order valence-electron chi connectivity index (χ3n) is 5.51. The molecular weight excluding hydrogens is 378 g/mol. The third kappa shape index (κ3) is 3.18. The second-order valence-electron chi connectivity index (χ2n) is 7.41. The fourth-order valence-corrected chi connectivity index (χ4v) is 4.02. The van der Waals surface area contributed by atoms with E-state index >= 15 is 0 Å². The van der Waals surface area contributed by atoms with Crippen LogP contribution in [0.25, 0.3) is 22.4 Å². The number of carbonyl (C=O) groups excluding carboxylic acids is 1. The predicted molar refractivity (Wildman–Crippen MR) is 114 cm³/mol. The van der Waals surface area contributed by atoms with Crippen LogP contribution in [-0.4, -0.2) is 51.7 Å². The molecule has 1 fully saturated rings. The van der Waals surface area contributed by atoms with Crippen LogP contribution in [0.3, 0.4) is 0 Å². The third-order valence-corrected chi connectivity index (χ3v) is 5.51. The van der Waals surface area contributed by atoms with E-state index in [1.807, 2.05) is 59.5 Å². The highest BCUT2D eigenvalue weighted by Crippen LogP contribution is 2.32. The lowest BCUT2D eigenvalue weighted by Gasteiger charge is -2.40. The molecule has 1 aliphatic rings. The Labute approximate surface area is 174 Å². The maximum Gasteiger partial charge on any atom is 0.253 e. The molecule has 3 heterocycles. The van der Waals surface area contributed by atoms with Crippen LogP contribution in [0.2, 0.25) is 0 Å². The summed E-state index contributed by atoms with van der Waals surface area (Å²) in [5.74, 6) is 1.34. The van der Waals surface area contributed by atoms with Crippen LogP contribution in [-0.2, 0) is 0 Å². The van der Waals surface area contributed by atoms with Gasteiger partial charge >= 0.3 is 0 Å². The number of hydrogen-bond donors (Lipinski definition) is 0. The van der Waals surface area contributed by atoms with Gasteiger partial charge in [-0.25, -0.2) is 4.98 Å². The molecule has 0 N–H and O–H groups in total. The molecule has 1 saturated heterocycles. The van der Waals surface area contributed by atoms with Gasteiger partial charge in [-0.15, -0.1) is 10.2 Å². The van der Waals surface area contributed by atoms with E-state index in [1.54, 1.807) is 6.20 Å². The van der Waals surface area contributed by atoms with Crippen LogP contribution in [0, 0.1) is 0 Å². The fraction of sp³-hybridized carbons (Fsp3) is 0.217. The lowest BCUT2D eigenvalue weighted by molar-refractivity contribution is 0.0726. The summed E-state index contributed by atoms with van der Waals surface area (Å²) in [6.45, 7) is 4.07. The number of benzene rings is 2. The van der Waals surface area contributed by atoms with Crippen LogP contribution in [0.5, 0.6) is 0 Å². The van der Waals surface area contributed by atoms with E-state index in [1.165, 1.54) is 6.26 Å². The van der Waals surface area contributed by atoms with Crippen molar-refractivity contribution in [2.24, 2.45) is 0 Å². The summed E-state index contributed by atoms with van der Waals surface area (Å²) in [5.41, 5.74) is 1.35. The molecule has 1 amide bonds. The van der Waals surface area contributed by atoms with E-state index in [4.69, 9.17) is 4.42 Å². The number of rotatable bonds is 3. The van der Waals surface area contributed by atoms with Crippen molar-refractivity contribution in [2.75, 3.05) is 24.5 Å². The highest BCUT2D eigenvalue weighted by Gasteiger charge is 2.29. The first-order valence-corrected chi connectivity index (χ1v) is 9.98. The van der Waals surface area contributed by atoms with Crippen molar-refractivity contribution in [1.82, 2.24) is 20.1 Å². The Hall–Kier alpha value is -3.74. The minimum atomic E-state index is 0.0669. The van der Waals surface area contributed by atoms with Crippen molar-refractivity contribution in [1.29, 1.82) is 0 Å². The smallest absolute Gasteiger partial charge is 0.253 e. The molecule has 150 valence electrons. The highest BCUT2D eigenvalue weighted by molar-refractivity contribution is 5.99. The average molecular weight is 399 g/mol. The standard InChI is InChI=1S/C23H21N5O2/c1-16-15-27(23(29)17-7-3-2-4-8-17)12-13-28(16)21-19-10-6-5-9-18(19)20(25-26-21)22-24-11-14-30-22/h2-11,14,16H,12-13,15H2,1H3/t16-/m1/s1. The van der Waals surface area contributed by atoms with E-state index < -0.39 is 0 Å². The van der Waals surface area contributed by atoms with Crippen LogP contribution < -0.4 is 4.90 Å². The first kappa shape index (κ1) is 18.3. The summed E-state index contributed by atoms with van der Waals surface area (Å²) in [5, 5.41) is 10.9. The zero-order chi connectivity index (χ0) is 20.5. The number of aromatic nitrogens is 3. The molecule has 7 nitrogen and oxygen atoms in total. The maximum absolute atomic E-state index is 12.8. The summed E-state index contributed by atoms with van der Waals surface area (Å²) in [7, 11) is 0. The van der Waals surface area contributed by atoms with Gasteiger partial charge in [0.1, 0.15) is 6.26 Å². The van der Waals surface area contributed by atoms with Crippen molar-refractivity contribution in [3.63, 3.8) is 0 Å². The van der Waals surface area contributed by atoms with E-state index in [0.717, 1.165) is 22.2 Å². The van der Waals surface area contributed by atoms with Gasteiger partial charge < -0.3 is 14.2 Å². The second-order valence-corrected chi connectivity index (χ2v) is 7.41. The Kier molecular flexibility index (Phi) is 4.63. The molecule has 0 unspecified atom stereocenters. The largest absolute Gasteiger partial charge is 0.443 e. The SMILES string of the molecule is C[C@@H]1CN(C(=O)c2ccccc2)CCN1c1nnc(-c2ncco2)c2ccccc12. The molecule has 5 rings (SSSR count). The molecule has 0 bridgehead atoms. The van der Waals surface area contributed by atoms with Gasteiger partial charge in [0.25, 0.3) is 5.91 Å². The van der Waals surface area contributed by atoms with Crippen molar-refractivity contribution < 1.29 is 9.21 Å². The number of nitrogens with zero attached hydrogens (tertiary/aromatic N) is 5. The number of carbonyl (C=O) groups is 1. The molecule has 1 atom stereocenters. The molecule has 2 aromatic carbocycles. The Bertz CT molecular complexity index is 1180. The normalized spacial score (nSPS) is 16.8. The van der Waals surface area contributed by atoms with Crippen molar-refractivity contribution in [2.45, 2.75) is 13.0 Å².